The Balaban J connectivity index is 1.65. The summed E-state index contributed by atoms with van der Waals surface area (Å²) in [6.07, 6.45) is 3.30. The first-order valence-electron chi connectivity index (χ1n) is 11.7. The van der Waals surface area contributed by atoms with E-state index in [0.29, 0.717) is 30.2 Å². The molecule has 1 saturated heterocycles. The molecule has 0 spiro atoms. The molecule has 33 heavy (non-hydrogen) atoms. The zero-order valence-corrected chi connectivity index (χ0v) is 20.5. The highest BCUT2D eigenvalue weighted by Crippen LogP contribution is 2.73. The van der Waals surface area contributed by atoms with Crippen molar-refractivity contribution in [3.8, 4) is 0 Å². The minimum atomic E-state index is -2.02. The van der Waals surface area contributed by atoms with E-state index >= 15 is 4.39 Å². The Bertz CT molecular complexity index is 980. The topological polar surface area (TPSA) is 72.8 Å². The first kappa shape index (κ1) is 23.6. The molecule has 9 atom stereocenters. The molecule has 182 valence electrons. The van der Waals surface area contributed by atoms with E-state index in [9.17, 15) is 19.1 Å². The molecule has 5 nitrogen and oxygen atoms in total. The van der Waals surface area contributed by atoms with Crippen molar-refractivity contribution in [2.75, 3.05) is 6.01 Å². The van der Waals surface area contributed by atoms with Gasteiger partial charge in [0, 0.05) is 16.7 Å². The van der Waals surface area contributed by atoms with E-state index < -0.39 is 57.1 Å². The minimum Gasteiger partial charge on any atom is -0.390 e. The van der Waals surface area contributed by atoms with Gasteiger partial charge in [0.25, 0.3) is 0 Å². The van der Waals surface area contributed by atoms with Crippen LogP contribution in [0.1, 0.15) is 53.9 Å². The van der Waals surface area contributed by atoms with Crippen molar-refractivity contribution in [2.45, 2.75) is 83.1 Å². The van der Waals surface area contributed by atoms with E-state index in [4.69, 9.17) is 9.47 Å². The van der Waals surface area contributed by atoms with Gasteiger partial charge in [0.15, 0.2) is 22.8 Å². The van der Waals surface area contributed by atoms with Crippen molar-refractivity contribution in [2.24, 2.45) is 28.6 Å². The molecule has 4 fully saturated rings. The fourth-order valence-corrected chi connectivity index (χ4v) is 8.93. The van der Waals surface area contributed by atoms with Crippen molar-refractivity contribution in [3.63, 3.8) is 0 Å². The van der Waals surface area contributed by atoms with Gasteiger partial charge >= 0.3 is 0 Å². The number of ether oxygens (including phenoxy) is 2. The van der Waals surface area contributed by atoms with Crippen LogP contribution in [-0.2, 0) is 19.1 Å². The Labute approximate surface area is 197 Å². The predicted molar refractivity (Wildman–Crippen MR) is 120 cm³/mol. The van der Waals surface area contributed by atoms with Crippen LogP contribution in [-0.4, -0.2) is 51.3 Å². The van der Waals surface area contributed by atoms with Crippen LogP contribution in [0.3, 0.4) is 0 Å². The molecule has 1 aliphatic heterocycles. The van der Waals surface area contributed by atoms with E-state index in [-0.39, 0.29) is 24.0 Å². The number of alkyl halides is 2. The lowest BCUT2D eigenvalue weighted by Crippen LogP contribution is -2.70. The second-order valence-corrected chi connectivity index (χ2v) is 12.3. The molecular weight excluding hydrogens is 450 g/mol. The highest BCUT2D eigenvalue weighted by atomic mass is 32.2. The third-order valence-corrected chi connectivity index (χ3v) is 10.1. The van der Waals surface area contributed by atoms with Crippen molar-refractivity contribution in [1.29, 1.82) is 0 Å². The monoisotopic (exact) mass is 482 g/mol. The molecule has 0 amide bonds. The van der Waals surface area contributed by atoms with Crippen LogP contribution in [0.5, 0.6) is 0 Å². The van der Waals surface area contributed by atoms with Gasteiger partial charge in [-0.25, -0.2) is 8.78 Å². The van der Waals surface area contributed by atoms with Crippen LogP contribution in [0.2, 0.25) is 0 Å². The molecule has 1 N–H and O–H groups in total. The molecule has 4 aliphatic carbocycles. The lowest BCUT2D eigenvalue weighted by atomic mass is 9.43. The van der Waals surface area contributed by atoms with Gasteiger partial charge in [-0.05, 0) is 64.0 Å². The van der Waals surface area contributed by atoms with Crippen LogP contribution in [0.15, 0.2) is 23.8 Å². The Hall–Kier alpha value is -1.09. The molecule has 0 aromatic heterocycles. The van der Waals surface area contributed by atoms with E-state index in [1.807, 2.05) is 13.8 Å². The summed E-state index contributed by atoms with van der Waals surface area (Å²) in [5.41, 5.74) is -4.83. The minimum absolute atomic E-state index is 0.0156. The van der Waals surface area contributed by atoms with Gasteiger partial charge in [-0.1, -0.05) is 37.3 Å². The maximum atomic E-state index is 17.4. The predicted octanol–water partition coefficient (Wildman–Crippen LogP) is 4.29. The summed E-state index contributed by atoms with van der Waals surface area (Å²) in [6.45, 7) is 9.08. The van der Waals surface area contributed by atoms with Gasteiger partial charge in [-0.2, -0.15) is 0 Å². The van der Waals surface area contributed by atoms with Gasteiger partial charge < -0.3 is 14.6 Å². The lowest BCUT2D eigenvalue weighted by molar-refractivity contribution is -0.245. The summed E-state index contributed by atoms with van der Waals surface area (Å²) in [7, 11) is 0. The zero-order valence-electron chi connectivity index (χ0n) is 19.7. The summed E-state index contributed by atoms with van der Waals surface area (Å²) in [5, 5.41) is 11.0. The summed E-state index contributed by atoms with van der Waals surface area (Å²) >= 11 is 0.555. The maximum Gasteiger partial charge on any atom is 0.226 e. The van der Waals surface area contributed by atoms with E-state index in [1.54, 1.807) is 26.8 Å². The molecule has 1 heterocycles. The number of halogens is 2. The third-order valence-electron chi connectivity index (χ3n) is 9.45. The smallest absolute Gasteiger partial charge is 0.226 e. The Morgan fingerprint density at radius 2 is 1.94 bits per heavy atom. The third kappa shape index (κ3) is 2.69. The largest absolute Gasteiger partial charge is 0.390 e. The van der Waals surface area contributed by atoms with Gasteiger partial charge in [-0.3, -0.25) is 9.59 Å². The molecule has 0 bridgehead atoms. The molecule has 5 rings (SSSR count). The number of carbonyl (C=O) groups excluding carboxylic acids is 2. The Kier molecular flexibility index (Phi) is 5.01. The highest BCUT2D eigenvalue weighted by Gasteiger charge is 2.80. The van der Waals surface area contributed by atoms with Crippen LogP contribution in [0.25, 0.3) is 0 Å². The summed E-state index contributed by atoms with van der Waals surface area (Å²) in [4.78, 5) is 25.5. The Morgan fingerprint density at radius 3 is 2.61 bits per heavy atom. The van der Waals surface area contributed by atoms with Gasteiger partial charge in [0.2, 0.25) is 5.12 Å². The molecule has 8 heteroatoms. The molecule has 0 radical (unpaired) electrons. The summed E-state index contributed by atoms with van der Waals surface area (Å²) in [5.74, 6) is -2.18. The van der Waals surface area contributed by atoms with Crippen molar-refractivity contribution in [1.82, 2.24) is 0 Å². The number of ketones is 1. The fourth-order valence-electron chi connectivity index (χ4n) is 8.21. The number of hydrogen-bond donors (Lipinski definition) is 1. The molecule has 0 aromatic rings. The molecule has 5 aliphatic rings. The van der Waals surface area contributed by atoms with E-state index in [1.165, 1.54) is 12.2 Å². The van der Waals surface area contributed by atoms with Crippen LogP contribution in [0, 0.1) is 28.6 Å². The molecule has 0 aromatic carbocycles. The first-order chi connectivity index (χ1) is 15.3. The van der Waals surface area contributed by atoms with Gasteiger partial charge in [-0.15, -0.1) is 0 Å². The average Bonchev–Trinajstić information content (AvgIpc) is 3.13. The molecular formula is C25H32F2O5S. The summed E-state index contributed by atoms with van der Waals surface area (Å²) in [6, 6.07) is -0.890. The number of allylic oxidation sites excluding steroid dienone is 4. The van der Waals surface area contributed by atoms with Crippen LogP contribution < -0.4 is 0 Å². The van der Waals surface area contributed by atoms with Crippen molar-refractivity contribution in [3.05, 3.63) is 23.8 Å². The second kappa shape index (κ2) is 6.99. The SMILES string of the molecule is C[C@H]1C[C@H]2C3C[C@H]4OC(C)(C)O[C@@]4(C(=O)SCF)[C@@]3(C)C[C@H](O)[C@]2(F)[C@@]2(C)C=CC(=O)C=C12. The number of fused-ring (bicyclic) bond motifs is 7. The lowest BCUT2D eigenvalue weighted by Gasteiger charge is -2.63. The normalized spacial score (nSPS) is 51.9. The van der Waals surface area contributed by atoms with Crippen molar-refractivity contribution >= 4 is 22.7 Å². The van der Waals surface area contributed by atoms with Crippen LogP contribution in [0.4, 0.5) is 8.78 Å². The fraction of sp³-hybridized carbons (Fsp3) is 0.760. The Morgan fingerprint density at radius 1 is 1.24 bits per heavy atom. The number of carbonyl (C=O) groups is 2. The number of thioether (sulfide) groups is 1. The van der Waals surface area contributed by atoms with Gasteiger partial charge in [0.1, 0.15) is 6.01 Å². The number of aliphatic hydroxyl groups is 1. The number of hydrogen-bond acceptors (Lipinski definition) is 6. The second-order valence-electron chi connectivity index (χ2n) is 11.4. The summed E-state index contributed by atoms with van der Waals surface area (Å²) < 4.78 is 43.2. The standard InChI is InChI=1S/C25H32F2O5S/c1-13-8-17-16-10-19-25(20(30)33-12-26,32-21(2,3)31-19)23(16,5)11-18(29)24(17,27)22(4)7-6-14(28)9-15(13)22/h6-7,9,13,16-19,29H,8,10-12H2,1-5H3/t13-,16?,17-,18-,19+,22-,23-,24-,25-/m0/s1. The quantitative estimate of drug-likeness (QED) is 0.633. The highest BCUT2D eigenvalue weighted by molar-refractivity contribution is 8.13. The average molecular weight is 483 g/mol. The first-order valence-corrected chi connectivity index (χ1v) is 12.7. The molecule has 1 unspecified atom stereocenters. The number of aliphatic hydroxyl groups excluding tert-OH is 1. The number of rotatable bonds is 2. The van der Waals surface area contributed by atoms with Crippen LogP contribution >= 0.6 is 11.8 Å². The molecule has 3 saturated carbocycles. The zero-order chi connectivity index (χ0) is 24.2. The van der Waals surface area contributed by atoms with E-state index in [0.717, 1.165) is 0 Å². The maximum absolute atomic E-state index is 17.4. The van der Waals surface area contributed by atoms with E-state index in [2.05, 4.69) is 0 Å². The van der Waals surface area contributed by atoms with Crippen molar-refractivity contribution < 1.29 is 33.0 Å². The van der Waals surface area contributed by atoms with Gasteiger partial charge in [0.05, 0.1) is 12.2 Å².